The summed E-state index contributed by atoms with van der Waals surface area (Å²) in [5.74, 6) is 1.80. The van der Waals surface area contributed by atoms with Crippen molar-refractivity contribution in [2.75, 3.05) is 13.2 Å². The van der Waals surface area contributed by atoms with Gasteiger partial charge in [0, 0.05) is 24.6 Å². The Kier molecular flexibility index (Phi) is 6.35. The molecule has 0 aliphatic rings. The lowest BCUT2D eigenvalue weighted by Crippen LogP contribution is -2.24. The topological polar surface area (TPSA) is 96.2 Å². The molecule has 0 amide bonds. The van der Waals surface area contributed by atoms with Crippen LogP contribution in [0.25, 0.3) is 21.9 Å². The van der Waals surface area contributed by atoms with Gasteiger partial charge in [-0.25, -0.2) is 4.98 Å². The van der Waals surface area contributed by atoms with Crippen molar-refractivity contribution >= 4 is 33.3 Å². The molecule has 4 aromatic rings. The highest BCUT2D eigenvalue weighted by Gasteiger charge is 2.18. The second kappa shape index (κ2) is 9.15. The van der Waals surface area contributed by atoms with Gasteiger partial charge in [0.2, 0.25) is 0 Å². The maximum absolute atomic E-state index is 13.2. The van der Waals surface area contributed by atoms with Crippen LogP contribution in [-0.2, 0) is 17.0 Å². The van der Waals surface area contributed by atoms with Gasteiger partial charge in [0.1, 0.15) is 4.83 Å². The molecule has 4 aromatic heterocycles. The van der Waals surface area contributed by atoms with Crippen LogP contribution in [0.3, 0.4) is 0 Å². The van der Waals surface area contributed by atoms with Crippen LogP contribution in [0.1, 0.15) is 29.6 Å². The largest absolute Gasteiger partial charge is 0.459 e. The number of hydrogen-bond donors (Lipinski definition) is 0. The molecule has 0 atom stereocenters. The zero-order valence-electron chi connectivity index (χ0n) is 17.0. The minimum absolute atomic E-state index is 0.00904. The average molecular weight is 447 g/mol. The van der Waals surface area contributed by atoms with Crippen LogP contribution in [-0.4, -0.2) is 32.9 Å². The molecule has 8 nitrogen and oxygen atoms in total. The molecule has 0 saturated heterocycles. The highest BCUT2D eigenvalue weighted by atomic mass is 32.2. The fraction of sp³-hybridized carbons (Fsp3) is 0.400. The third kappa shape index (κ3) is 4.21. The van der Waals surface area contributed by atoms with E-state index in [4.69, 9.17) is 18.7 Å². The Balaban J connectivity index is 1.60. The van der Waals surface area contributed by atoms with Crippen molar-refractivity contribution in [2.45, 2.75) is 44.6 Å². The number of fused-ring (bicyclic) bond motifs is 1. The summed E-state index contributed by atoms with van der Waals surface area (Å²) in [6, 6.07) is 3.52. The predicted molar refractivity (Wildman–Crippen MR) is 116 cm³/mol. The fourth-order valence-corrected chi connectivity index (χ4v) is 4.97. The summed E-state index contributed by atoms with van der Waals surface area (Å²) in [7, 11) is 0. The van der Waals surface area contributed by atoms with Crippen molar-refractivity contribution in [2.24, 2.45) is 0 Å². The Morgan fingerprint density at radius 2 is 2.17 bits per heavy atom. The van der Waals surface area contributed by atoms with E-state index in [-0.39, 0.29) is 5.56 Å². The van der Waals surface area contributed by atoms with E-state index in [2.05, 4.69) is 10.1 Å². The van der Waals surface area contributed by atoms with E-state index in [1.165, 1.54) is 11.8 Å². The lowest BCUT2D eigenvalue weighted by Gasteiger charge is -2.11. The molecule has 0 aliphatic heterocycles. The van der Waals surface area contributed by atoms with Crippen LogP contribution < -0.4 is 5.56 Å². The van der Waals surface area contributed by atoms with E-state index < -0.39 is 0 Å². The first kappa shape index (κ1) is 20.8. The number of thioether (sulfide) groups is 1. The Hall–Kier alpha value is -2.43. The number of aryl methyl sites for hydroxylation is 2. The zero-order chi connectivity index (χ0) is 21.1. The van der Waals surface area contributed by atoms with Crippen LogP contribution >= 0.6 is 23.1 Å². The van der Waals surface area contributed by atoms with Crippen LogP contribution in [0.2, 0.25) is 0 Å². The second-order valence-corrected chi connectivity index (χ2v) is 8.79. The van der Waals surface area contributed by atoms with Crippen LogP contribution in [0.4, 0.5) is 0 Å². The van der Waals surface area contributed by atoms with Gasteiger partial charge in [0.15, 0.2) is 16.7 Å². The maximum atomic E-state index is 13.2. The lowest BCUT2D eigenvalue weighted by molar-refractivity contribution is 0.140. The summed E-state index contributed by atoms with van der Waals surface area (Å²) in [6.45, 7) is 7.76. The first-order valence-corrected chi connectivity index (χ1v) is 11.5. The first-order valence-electron chi connectivity index (χ1n) is 9.66. The molecule has 0 bridgehead atoms. The molecule has 4 heterocycles. The molecule has 0 aromatic carbocycles. The molecule has 0 spiro atoms. The van der Waals surface area contributed by atoms with Crippen molar-refractivity contribution in [1.82, 2.24) is 19.7 Å². The highest BCUT2D eigenvalue weighted by molar-refractivity contribution is 7.98. The highest BCUT2D eigenvalue weighted by Crippen LogP contribution is 2.29. The quantitative estimate of drug-likeness (QED) is 0.212. The van der Waals surface area contributed by atoms with Gasteiger partial charge in [-0.2, -0.15) is 4.98 Å². The van der Waals surface area contributed by atoms with Crippen molar-refractivity contribution in [3.05, 3.63) is 45.0 Å². The first-order chi connectivity index (χ1) is 14.6. The van der Waals surface area contributed by atoms with Crippen LogP contribution in [0.5, 0.6) is 0 Å². The number of furan rings is 1. The van der Waals surface area contributed by atoms with E-state index in [1.807, 2.05) is 20.8 Å². The van der Waals surface area contributed by atoms with Gasteiger partial charge in [-0.05, 0) is 44.9 Å². The number of nitrogens with zero attached hydrogens (tertiary/aromatic N) is 4. The molecule has 158 valence electrons. The molecule has 30 heavy (non-hydrogen) atoms. The lowest BCUT2D eigenvalue weighted by atomic mass is 10.2. The third-order valence-corrected chi connectivity index (χ3v) is 6.73. The summed E-state index contributed by atoms with van der Waals surface area (Å²) in [5.41, 5.74) is 0.995. The molecular formula is C20H22N4O4S2. The molecule has 0 saturated carbocycles. The summed E-state index contributed by atoms with van der Waals surface area (Å²) < 4.78 is 17.7. The molecule has 0 N–H and O–H groups in total. The Morgan fingerprint density at radius 1 is 1.30 bits per heavy atom. The molecule has 0 unspecified atom stereocenters. The van der Waals surface area contributed by atoms with E-state index in [0.29, 0.717) is 53.5 Å². The fourth-order valence-electron chi connectivity index (χ4n) is 3.03. The standard InChI is InChI=1S/C20H22N4O4S2/c1-4-26-9-6-8-24-19(25)16-12(2)13(3)30-18(16)22-20(24)29-11-15-21-17(28-23-15)14-7-5-10-27-14/h5,7,10H,4,6,8-9,11H2,1-3H3. The van der Waals surface area contributed by atoms with Gasteiger partial charge < -0.3 is 13.7 Å². The van der Waals surface area contributed by atoms with Crippen molar-refractivity contribution in [3.8, 4) is 11.7 Å². The van der Waals surface area contributed by atoms with Gasteiger partial charge in [0.25, 0.3) is 11.4 Å². The van der Waals surface area contributed by atoms with Crippen molar-refractivity contribution in [3.63, 3.8) is 0 Å². The van der Waals surface area contributed by atoms with Gasteiger partial charge in [-0.15, -0.1) is 11.3 Å². The van der Waals surface area contributed by atoms with Crippen LogP contribution in [0, 0.1) is 13.8 Å². The number of aromatic nitrogens is 4. The van der Waals surface area contributed by atoms with E-state index in [0.717, 1.165) is 21.7 Å². The molecule has 0 fully saturated rings. The predicted octanol–water partition coefficient (Wildman–Crippen LogP) is 4.44. The number of hydrogen-bond acceptors (Lipinski definition) is 9. The second-order valence-electron chi connectivity index (χ2n) is 6.65. The number of thiophene rings is 1. The third-order valence-electron chi connectivity index (χ3n) is 4.66. The van der Waals surface area contributed by atoms with Crippen molar-refractivity contribution in [1.29, 1.82) is 0 Å². The Labute approximate surface area is 181 Å². The minimum Gasteiger partial charge on any atom is -0.459 e. The van der Waals surface area contributed by atoms with Gasteiger partial charge in [-0.3, -0.25) is 9.36 Å². The maximum Gasteiger partial charge on any atom is 0.293 e. The normalized spacial score (nSPS) is 11.6. The molecular weight excluding hydrogens is 424 g/mol. The number of ether oxygens (including phenoxy) is 1. The van der Waals surface area contributed by atoms with E-state index in [1.54, 1.807) is 34.3 Å². The minimum atomic E-state index is -0.00904. The molecule has 10 heteroatoms. The average Bonchev–Trinajstić information content (AvgIpc) is 3.46. The summed E-state index contributed by atoms with van der Waals surface area (Å²) >= 11 is 2.97. The summed E-state index contributed by atoms with van der Waals surface area (Å²) in [5, 5.41) is 5.36. The summed E-state index contributed by atoms with van der Waals surface area (Å²) in [6.07, 6.45) is 2.29. The van der Waals surface area contributed by atoms with E-state index >= 15 is 0 Å². The van der Waals surface area contributed by atoms with Crippen LogP contribution in [0.15, 0.2) is 37.3 Å². The summed E-state index contributed by atoms with van der Waals surface area (Å²) in [4.78, 5) is 24.3. The monoisotopic (exact) mass is 446 g/mol. The van der Waals surface area contributed by atoms with Gasteiger partial charge in [0.05, 0.1) is 17.4 Å². The van der Waals surface area contributed by atoms with Gasteiger partial charge >= 0.3 is 0 Å². The Bertz CT molecular complexity index is 1190. The molecule has 0 aliphatic carbocycles. The molecule has 0 radical (unpaired) electrons. The van der Waals surface area contributed by atoms with E-state index in [9.17, 15) is 4.79 Å². The zero-order valence-corrected chi connectivity index (χ0v) is 18.6. The van der Waals surface area contributed by atoms with Crippen molar-refractivity contribution < 1.29 is 13.7 Å². The number of rotatable bonds is 9. The smallest absolute Gasteiger partial charge is 0.293 e. The van der Waals surface area contributed by atoms with Gasteiger partial charge in [-0.1, -0.05) is 16.9 Å². The molecule has 4 rings (SSSR count). The Morgan fingerprint density at radius 3 is 2.93 bits per heavy atom. The SMILES string of the molecule is CCOCCCn1c(SCc2noc(-c3ccco3)n2)nc2sc(C)c(C)c2c1=O.